The number of amides is 1. The number of hydrogen-bond donors (Lipinski definition) is 1. The highest BCUT2D eigenvalue weighted by Gasteiger charge is 2.31. The predicted octanol–water partition coefficient (Wildman–Crippen LogP) is 2.45. The smallest absolute Gasteiger partial charge is 0.244 e. The Morgan fingerprint density at radius 3 is 2.78 bits per heavy atom. The van der Waals surface area contributed by atoms with Gasteiger partial charge in [-0.05, 0) is 37.8 Å². The summed E-state index contributed by atoms with van der Waals surface area (Å²) in [6, 6.07) is 9.74. The molecule has 0 bridgehead atoms. The number of fused-ring (bicyclic) bond motifs is 1. The minimum atomic E-state index is -2.99. The van der Waals surface area contributed by atoms with Gasteiger partial charge in [-0.25, -0.2) is 8.42 Å². The summed E-state index contributed by atoms with van der Waals surface area (Å²) in [5, 5.41) is 8.53. The molecule has 4 rings (SSSR count). The van der Waals surface area contributed by atoms with Crippen molar-refractivity contribution in [2.75, 3.05) is 16.8 Å². The molecule has 1 amide bonds. The summed E-state index contributed by atoms with van der Waals surface area (Å²) in [4.78, 5) is 12.6. The summed E-state index contributed by atoms with van der Waals surface area (Å²) in [5.74, 6) is 0.164. The predicted molar refractivity (Wildman–Crippen MR) is 105 cm³/mol. The monoisotopic (exact) mass is 386 g/mol. The fourth-order valence-corrected chi connectivity index (χ4v) is 5.47. The number of carbonyl (C=O) groups excluding carboxylic acids is 1. The summed E-state index contributed by atoms with van der Waals surface area (Å²) in [6.07, 6.45) is 2.46. The van der Waals surface area contributed by atoms with Crippen molar-refractivity contribution in [2.45, 2.75) is 32.9 Å². The Bertz CT molecular complexity index is 1130. The molecular formula is C19H22N4O3S. The highest BCUT2D eigenvalue weighted by molar-refractivity contribution is 7.91. The van der Waals surface area contributed by atoms with Crippen LogP contribution < -0.4 is 5.32 Å². The van der Waals surface area contributed by atoms with Crippen LogP contribution in [-0.2, 0) is 21.2 Å². The van der Waals surface area contributed by atoms with Crippen molar-refractivity contribution < 1.29 is 13.2 Å². The summed E-state index contributed by atoms with van der Waals surface area (Å²) in [7, 11) is -2.99. The second-order valence-electron chi connectivity index (χ2n) is 7.10. The number of hydrogen-bond acceptors (Lipinski definition) is 4. The Hall–Kier alpha value is -2.61. The molecule has 3 aromatic rings. The maximum Gasteiger partial charge on any atom is 0.244 e. The first-order valence-electron chi connectivity index (χ1n) is 8.94. The SMILES string of the molecule is Cc1nn(C2CCS(=O)(=O)C2)c(C)c1NC(=O)Cn1ccc2ccccc21. The van der Waals surface area contributed by atoms with Crippen molar-refractivity contribution in [3.05, 3.63) is 47.9 Å². The van der Waals surface area contributed by atoms with E-state index in [1.54, 1.807) is 4.68 Å². The normalized spacial score (nSPS) is 18.8. The van der Waals surface area contributed by atoms with E-state index in [2.05, 4.69) is 10.4 Å². The zero-order chi connectivity index (χ0) is 19.2. The van der Waals surface area contributed by atoms with Gasteiger partial charge in [0.2, 0.25) is 5.91 Å². The van der Waals surface area contributed by atoms with Crippen molar-refractivity contribution in [3.8, 4) is 0 Å². The van der Waals surface area contributed by atoms with E-state index < -0.39 is 9.84 Å². The Morgan fingerprint density at radius 1 is 1.26 bits per heavy atom. The molecule has 8 heteroatoms. The van der Waals surface area contributed by atoms with Crippen LogP contribution in [0, 0.1) is 13.8 Å². The van der Waals surface area contributed by atoms with E-state index in [0.29, 0.717) is 17.8 Å². The lowest BCUT2D eigenvalue weighted by molar-refractivity contribution is -0.116. The van der Waals surface area contributed by atoms with E-state index in [1.165, 1.54) is 0 Å². The summed E-state index contributed by atoms with van der Waals surface area (Å²) >= 11 is 0. The second-order valence-corrected chi connectivity index (χ2v) is 9.33. The van der Waals surface area contributed by atoms with Gasteiger partial charge >= 0.3 is 0 Å². The van der Waals surface area contributed by atoms with Crippen LogP contribution in [0.15, 0.2) is 36.5 Å². The Balaban J connectivity index is 1.53. The maximum atomic E-state index is 12.6. The molecule has 3 heterocycles. The minimum Gasteiger partial charge on any atom is -0.338 e. The fourth-order valence-electron chi connectivity index (χ4n) is 3.78. The van der Waals surface area contributed by atoms with E-state index in [4.69, 9.17) is 0 Å². The van der Waals surface area contributed by atoms with Crippen LogP contribution in [0.2, 0.25) is 0 Å². The van der Waals surface area contributed by atoms with Gasteiger partial charge in [0.25, 0.3) is 0 Å². The van der Waals surface area contributed by atoms with Gasteiger partial charge in [-0.3, -0.25) is 9.48 Å². The number of aromatic nitrogens is 3. The highest BCUT2D eigenvalue weighted by atomic mass is 32.2. The summed E-state index contributed by atoms with van der Waals surface area (Å²) in [5.41, 5.74) is 3.16. The molecule has 1 saturated heterocycles. The topological polar surface area (TPSA) is 86.0 Å². The molecule has 142 valence electrons. The lowest BCUT2D eigenvalue weighted by Gasteiger charge is -2.12. The number of nitrogens with zero attached hydrogens (tertiary/aromatic N) is 3. The zero-order valence-electron chi connectivity index (χ0n) is 15.3. The number of nitrogens with one attached hydrogen (secondary N) is 1. The lowest BCUT2D eigenvalue weighted by atomic mass is 10.2. The summed E-state index contributed by atoms with van der Waals surface area (Å²) < 4.78 is 27.2. The first kappa shape index (κ1) is 17.8. The molecular weight excluding hydrogens is 364 g/mol. The van der Waals surface area contributed by atoms with Crippen molar-refractivity contribution in [2.24, 2.45) is 0 Å². The standard InChI is InChI=1S/C19H22N4O3S/c1-13-19(14(2)23(21-13)16-8-10-27(25,26)12-16)20-18(24)11-22-9-7-15-5-3-4-6-17(15)22/h3-7,9,16H,8,10-12H2,1-2H3,(H,20,24). The maximum absolute atomic E-state index is 12.6. The first-order chi connectivity index (χ1) is 12.8. The third kappa shape index (κ3) is 3.37. The van der Waals surface area contributed by atoms with Gasteiger partial charge in [0.05, 0.1) is 34.6 Å². The van der Waals surface area contributed by atoms with Crippen molar-refractivity contribution in [3.63, 3.8) is 0 Å². The molecule has 27 heavy (non-hydrogen) atoms. The molecule has 1 atom stereocenters. The van der Waals surface area contributed by atoms with Crippen LogP contribution in [0.4, 0.5) is 5.69 Å². The molecule has 1 aliphatic rings. The van der Waals surface area contributed by atoms with Gasteiger partial charge < -0.3 is 9.88 Å². The van der Waals surface area contributed by atoms with Gasteiger partial charge in [-0.1, -0.05) is 18.2 Å². The van der Waals surface area contributed by atoms with E-state index in [9.17, 15) is 13.2 Å². The number of carbonyl (C=O) groups is 1. The molecule has 1 unspecified atom stereocenters. The van der Waals surface area contributed by atoms with Gasteiger partial charge in [-0.2, -0.15) is 5.10 Å². The molecule has 1 N–H and O–H groups in total. The largest absolute Gasteiger partial charge is 0.338 e. The van der Waals surface area contributed by atoms with E-state index in [1.807, 2.05) is 54.9 Å². The number of benzene rings is 1. The number of rotatable bonds is 4. The first-order valence-corrected chi connectivity index (χ1v) is 10.8. The summed E-state index contributed by atoms with van der Waals surface area (Å²) in [6.45, 7) is 3.90. The molecule has 0 saturated carbocycles. The van der Waals surface area contributed by atoms with Crippen molar-refractivity contribution >= 4 is 32.3 Å². The molecule has 0 radical (unpaired) electrons. The van der Waals surface area contributed by atoms with Gasteiger partial charge in [-0.15, -0.1) is 0 Å². The van der Waals surface area contributed by atoms with E-state index >= 15 is 0 Å². The fraction of sp³-hybridized carbons (Fsp3) is 0.368. The molecule has 2 aromatic heterocycles. The van der Waals surface area contributed by atoms with Gasteiger partial charge in [0, 0.05) is 11.7 Å². The van der Waals surface area contributed by atoms with Crippen LogP contribution >= 0.6 is 0 Å². The third-order valence-corrected chi connectivity index (χ3v) is 6.89. The Morgan fingerprint density at radius 2 is 2.04 bits per heavy atom. The zero-order valence-corrected chi connectivity index (χ0v) is 16.2. The van der Waals surface area contributed by atoms with Crippen LogP contribution in [0.1, 0.15) is 23.9 Å². The molecule has 1 fully saturated rings. The van der Waals surface area contributed by atoms with Crippen LogP contribution in [0.25, 0.3) is 10.9 Å². The van der Waals surface area contributed by atoms with Crippen LogP contribution in [0.5, 0.6) is 0 Å². The molecule has 0 spiro atoms. The second kappa shape index (κ2) is 6.53. The Kier molecular flexibility index (Phi) is 4.30. The average molecular weight is 386 g/mol. The van der Waals surface area contributed by atoms with Gasteiger partial charge in [0.15, 0.2) is 9.84 Å². The Labute approximate surface area is 157 Å². The molecule has 7 nitrogen and oxygen atoms in total. The molecule has 1 aliphatic heterocycles. The van der Waals surface area contributed by atoms with Crippen molar-refractivity contribution in [1.82, 2.24) is 14.3 Å². The molecule has 0 aliphatic carbocycles. The van der Waals surface area contributed by atoms with E-state index in [-0.39, 0.29) is 30.0 Å². The number of sulfone groups is 1. The number of aryl methyl sites for hydroxylation is 1. The number of para-hydroxylation sites is 1. The van der Waals surface area contributed by atoms with Crippen molar-refractivity contribution in [1.29, 1.82) is 0 Å². The average Bonchev–Trinajstić information content (AvgIpc) is 3.27. The lowest BCUT2D eigenvalue weighted by Crippen LogP contribution is -2.19. The number of anilines is 1. The minimum absolute atomic E-state index is 0.109. The highest BCUT2D eigenvalue weighted by Crippen LogP contribution is 2.29. The van der Waals surface area contributed by atoms with Crippen LogP contribution in [-0.4, -0.2) is 40.2 Å². The van der Waals surface area contributed by atoms with Gasteiger partial charge in [0.1, 0.15) is 6.54 Å². The third-order valence-electron chi connectivity index (χ3n) is 5.14. The molecule has 1 aromatic carbocycles. The quantitative estimate of drug-likeness (QED) is 0.746. The van der Waals surface area contributed by atoms with E-state index in [0.717, 1.165) is 16.6 Å². The van der Waals surface area contributed by atoms with Crippen LogP contribution in [0.3, 0.4) is 0 Å².